The Hall–Kier alpha value is -2.11. The van der Waals surface area contributed by atoms with Crippen LogP contribution in [0.3, 0.4) is 0 Å². The van der Waals surface area contributed by atoms with Gasteiger partial charge in [0.25, 0.3) is 0 Å². The normalized spacial score (nSPS) is 20.6. The van der Waals surface area contributed by atoms with Crippen molar-refractivity contribution in [1.82, 2.24) is 4.98 Å². The lowest BCUT2D eigenvalue weighted by atomic mass is 9.64. The van der Waals surface area contributed by atoms with Gasteiger partial charge in [0.15, 0.2) is 10.9 Å². The predicted molar refractivity (Wildman–Crippen MR) is 110 cm³/mol. The monoisotopic (exact) mass is 423 g/mol. The van der Waals surface area contributed by atoms with Gasteiger partial charge in [-0.15, -0.1) is 11.3 Å². The molecule has 2 rings (SSSR count). The van der Waals surface area contributed by atoms with E-state index < -0.39 is 24.3 Å². The Balaban J connectivity index is 2.14. The van der Waals surface area contributed by atoms with E-state index in [-0.39, 0.29) is 47.9 Å². The summed E-state index contributed by atoms with van der Waals surface area (Å²) in [7, 11) is -1.16. The molecule has 1 fully saturated rings. The van der Waals surface area contributed by atoms with Crippen molar-refractivity contribution < 1.29 is 29.2 Å². The van der Waals surface area contributed by atoms with Gasteiger partial charge < -0.3 is 20.5 Å². The van der Waals surface area contributed by atoms with Crippen LogP contribution < -0.4 is 5.73 Å². The molecule has 0 aromatic carbocycles. The first-order valence-corrected chi connectivity index (χ1v) is 10.2. The predicted octanol–water partition coefficient (Wildman–Crippen LogP) is 1.59. The van der Waals surface area contributed by atoms with Crippen LogP contribution in [-0.4, -0.2) is 58.1 Å². The number of aliphatic imine (C=N–C) groups is 1. The molecule has 11 heteroatoms. The van der Waals surface area contributed by atoms with Gasteiger partial charge in [-0.2, -0.15) is 0 Å². The molecule has 0 amide bonds. The number of carboxylic acids is 1. The van der Waals surface area contributed by atoms with E-state index in [1.807, 2.05) is 0 Å². The van der Waals surface area contributed by atoms with Gasteiger partial charge in [-0.25, -0.2) is 4.98 Å². The highest BCUT2D eigenvalue weighted by molar-refractivity contribution is 7.13. The number of rotatable bonds is 9. The summed E-state index contributed by atoms with van der Waals surface area (Å²) in [6, 6.07) is 0. The van der Waals surface area contributed by atoms with Crippen molar-refractivity contribution in [2.75, 3.05) is 12.3 Å². The molecule has 9 nitrogen and oxygen atoms in total. The van der Waals surface area contributed by atoms with Crippen LogP contribution in [0.2, 0.25) is 5.82 Å². The maximum Gasteiger partial charge on any atom is 0.458 e. The van der Waals surface area contributed by atoms with Crippen LogP contribution in [0.1, 0.15) is 52.1 Å². The maximum absolute atomic E-state index is 12.9. The minimum Gasteiger partial charge on any atom is -0.481 e. The number of aromatic nitrogens is 1. The molecule has 1 aromatic heterocycles. The molecule has 1 saturated heterocycles. The van der Waals surface area contributed by atoms with E-state index in [1.165, 1.54) is 20.8 Å². The van der Waals surface area contributed by atoms with Crippen molar-refractivity contribution in [3.63, 3.8) is 0 Å². The first-order valence-electron chi connectivity index (χ1n) is 9.35. The fraction of sp³-hybridized carbons (Fsp3) is 0.611. The first kappa shape index (κ1) is 23.2. The lowest BCUT2D eigenvalue weighted by Crippen LogP contribution is -2.38. The van der Waals surface area contributed by atoms with Crippen molar-refractivity contribution in [2.45, 2.75) is 58.4 Å². The molecule has 2 atom stereocenters. The Kier molecular flexibility index (Phi) is 7.67. The number of aliphatic carboxylic acids is 1. The van der Waals surface area contributed by atoms with Crippen LogP contribution in [0.5, 0.6) is 0 Å². The molecule has 0 saturated carbocycles. The third-order valence-electron chi connectivity index (χ3n) is 4.80. The summed E-state index contributed by atoms with van der Waals surface area (Å²) in [5, 5.41) is 21.4. The highest BCUT2D eigenvalue weighted by Gasteiger charge is 2.37. The number of nitrogens with two attached hydrogens (primary N) is 1. The van der Waals surface area contributed by atoms with E-state index in [2.05, 4.69) is 9.98 Å². The molecule has 4 N–H and O–H groups in total. The number of carbonyl (C=O) groups is 3. The zero-order valence-corrected chi connectivity index (χ0v) is 17.6. The molecule has 0 aliphatic carbocycles. The number of hydrogen-bond donors (Lipinski definition) is 3. The Bertz CT molecular complexity index is 809. The van der Waals surface area contributed by atoms with Crippen LogP contribution in [0.15, 0.2) is 10.4 Å². The van der Waals surface area contributed by atoms with Crippen LogP contribution in [0, 0.1) is 5.41 Å². The lowest BCUT2D eigenvalue weighted by Gasteiger charge is -2.30. The summed E-state index contributed by atoms with van der Waals surface area (Å²) in [5.41, 5.74) is 4.85. The molecular weight excluding hydrogens is 397 g/mol. The zero-order chi connectivity index (χ0) is 21.8. The number of nitrogens with zero attached hydrogens (tertiary/aromatic N) is 2. The van der Waals surface area contributed by atoms with Crippen molar-refractivity contribution >= 4 is 46.8 Å². The lowest BCUT2D eigenvalue weighted by molar-refractivity contribution is -0.146. The fourth-order valence-corrected chi connectivity index (χ4v) is 3.53. The average Bonchev–Trinajstić information content (AvgIpc) is 3.03. The molecule has 158 valence electrons. The number of anilines is 1. The first-order chi connectivity index (χ1) is 13.5. The van der Waals surface area contributed by atoms with Gasteiger partial charge >= 0.3 is 13.1 Å². The molecule has 0 unspecified atom stereocenters. The largest absolute Gasteiger partial charge is 0.481 e. The van der Waals surface area contributed by atoms with E-state index in [0.717, 1.165) is 11.3 Å². The Morgan fingerprint density at radius 2 is 2.07 bits per heavy atom. The van der Waals surface area contributed by atoms with Crippen molar-refractivity contribution in [1.29, 1.82) is 0 Å². The van der Waals surface area contributed by atoms with E-state index in [9.17, 15) is 24.5 Å². The third-order valence-corrected chi connectivity index (χ3v) is 5.47. The molecule has 1 aliphatic rings. The maximum atomic E-state index is 12.9. The molecule has 2 heterocycles. The highest BCUT2D eigenvalue weighted by atomic mass is 32.1. The summed E-state index contributed by atoms with van der Waals surface area (Å²) in [6.07, 6.45) is 0.941. The quantitative estimate of drug-likeness (QED) is 0.400. The Morgan fingerprint density at radius 3 is 2.59 bits per heavy atom. The fourth-order valence-electron chi connectivity index (χ4n) is 2.98. The number of carbonyl (C=O) groups excluding carboxylic acids is 2. The second-order valence-electron chi connectivity index (χ2n) is 7.94. The second-order valence-corrected chi connectivity index (χ2v) is 8.83. The number of ketones is 2. The standard InChI is InChI=1S/C18H26BN3O6S/c1-10(23)6-12-5-4-11(19(27)28-12)7-14(24)15(13-8-29-17(20)22-13)21-9-18(2,3)16(25)26/h8,11-12,27H,4-7,9H2,1-3H3,(H2,20,22)(H,25,26)/t11-,12+/m1/s1. The Morgan fingerprint density at radius 1 is 1.38 bits per heavy atom. The summed E-state index contributed by atoms with van der Waals surface area (Å²) in [4.78, 5) is 43.9. The van der Waals surface area contributed by atoms with Crippen LogP contribution in [-0.2, 0) is 19.0 Å². The average molecular weight is 423 g/mol. The third kappa shape index (κ3) is 6.45. The van der Waals surface area contributed by atoms with Gasteiger partial charge in [0.05, 0.1) is 12.0 Å². The zero-order valence-electron chi connectivity index (χ0n) is 16.8. The van der Waals surface area contributed by atoms with Crippen LogP contribution in [0.25, 0.3) is 0 Å². The molecule has 0 bridgehead atoms. The van der Waals surface area contributed by atoms with Gasteiger partial charge in [-0.05, 0) is 33.6 Å². The van der Waals surface area contributed by atoms with Gasteiger partial charge in [0, 0.05) is 30.1 Å². The topological polar surface area (TPSA) is 152 Å². The number of carboxylic acid groups (broad SMARTS) is 1. The van der Waals surface area contributed by atoms with Gasteiger partial charge in [0.2, 0.25) is 0 Å². The van der Waals surface area contributed by atoms with Gasteiger partial charge in [-0.3, -0.25) is 19.4 Å². The highest BCUT2D eigenvalue weighted by Crippen LogP contribution is 2.31. The summed E-state index contributed by atoms with van der Waals surface area (Å²) < 4.78 is 5.48. The molecular formula is C18H26BN3O6S. The second kappa shape index (κ2) is 9.60. The minimum absolute atomic E-state index is 0.0201. The Labute approximate surface area is 173 Å². The number of Topliss-reactive ketones (excluding diaryl/α,β-unsaturated/α-hetero) is 2. The summed E-state index contributed by atoms with van der Waals surface area (Å²) in [5.74, 6) is -1.86. The summed E-state index contributed by atoms with van der Waals surface area (Å²) in [6.45, 7) is 4.39. The molecule has 0 spiro atoms. The van der Waals surface area contributed by atoms with Crippen LogP contribution in [0.4, 0.5) is 5.13 Å². The van der Waals surface area contributed by atoms with Crippen LogP contribution >= 0.6 is 11.3 Å². The number of thiazole rings is 1. The van der Waals surface area contributed by atoms with Gasteiger partial charge in [0.1, 0.15) is 17.2 Å². The van der Waals surface area contributed by atoms with Crippen molar-refractivity contribution in [2.24, 2.45) is 10.4 Å². The van der Waals surface area contributed by atoms with E-state index >= 15 is 0 Å². The van der Waals surface area contributed by atoms with Gasteiger partial charge in [-0.1, -0.05) is 0 Å². The number of nitrogen functional groups attached to an aromatic ring is 1. The SMILES string of the molecule is CC(=O)C[C@@H]1CC[C@H](CC(=O)C(=NCC(C)(C)C(=O)O)c2csc(N)n2)B(O)O1. The van der Waals surface area contributed by atoms with E-state index in [4.69, 9.17) is 10.4 Å². The van der Waals surface area contributed by atoms with Crippen molar-refractivity contribution in [3.05, 3.63) is 11.1 Å². The van der Waals surface area contributed by atoms with Crippen molar-refractivity contribution in [3.8, 4) is 0 Å². The minimum atomic E-state index is -1.16. The molecule has 1 aliphatic heterocycles. The number of hydrogen-bond acceptors (Lipinski definition) is 9. The van der Waals surface area contributed by atoms with E-state index in [0.29, 0.717) is 18.5 Å². The molecule has 0 radical (unpaired) electrons. The smallest absolute Gasteiger partial charge is 0.458 e. The molecule has 29 heavy (non-hydrogen) atoms. The summed E-state index contributed by atoms with van der Waals surface area (Å²) >= 11 is 1.15. The van der Waals surface area contributed by atoms with E-state index in [1.54, 1.807) is 5.38 Å². The molecule has 1 aromatic rings.